The molecule has 0 rings (SSSR count). The SMILES string of the molecule is CCCOC(CO)C(N)CC(C)C. The summed E-state index contributed by atoms with van der Waals surface area (Å²) in [5.41, 5.74) is 5.89. The van der Waals surface area contributed by atoms with Crippen molar-refractivity contribution < 1.29 is 9.84 Å². The highest BCUT2D eigenvalue weighted by Crippen LogP contribution is 2.08. The molecule has 0 saturated carbocycles. The fraction of sp³-hybridized carbons (Fsp3) is 1.00. The van der Waals surface area contributed by atoms with E-state index in [4.69, 9.17) is 15.6 Å². The molecule has 3 N–H and O–H groups in total. The minimum atomic E-state index is -0.192. The normalized spacial score (nSPS) is 16.2. The molecule has 0 aliphatic carbocycles. The molecular weight excluding hydrogens is 166 g/mol. The van der Waals surface area contributed by atoms with Gasteiger partial charge in [0, 0.05) is 12.6 Å². The topological polar surface area (TPSA) is 55.5 Å². The van der Waals surface area contributed by atoms with Gasteiger partial charge in [0.05, 0.1) is 12.7 Å². The number of aliphatic hydroxyl groups excluding tert-OH is 1. The first-order chi connectivity index (χ1) is 6.11. The van der Waals surface area contributed by atoms with E-state index < -0.39 is 0 Å². The molecule has 80 valence electrons. The van der Waals surface area contributed by atoms with Gasteiger partial charge in [-0.25, -0.2) is 0 Å². The lowest BCUT2D eigenvalue weighted by Crippen LogP contribution is -2.40. The van der Waals surface area contributed by atoms with Crippen molar-refractivity contribution in [3.05, 3.63) is 0 Å². The van der Waals surface area contributed by atoms with Crippen LogP contribution in [0, 0.1) is 5.92 Å². The molecule has 0 bridgehead atoms. The molecule has 0 amide bonds. The van der Waals surface area contributed by atoms with Crippen molar-refractivity contribution in [2.24, 2.45) is 11.7 Å². The van der Waals surface area contributed by atoms with Crippen LogP contribution in [-0.2, 0) is 4.74 Å². The smallest absolute Gasteiger partial charge is 0.0956 e. The van der Waals surface area contributed by atoms with Gasteiger partial charge < -0.3 is 15.6 Å². The molecule has 0 saturated heterocycles. The van der Waals surface area contributed by atoms with Crippen molar-refractivity contribution in [1.29, 1.82) is 0 Å². The van der Waals surface area contributed by atoms with Gasteiger partial charge in [-0.1, -0.05) is 20.8 Å². The van der Waals surface area contributed by atoms with Crippen LogP contribution in [0.5, 0.6) is 0 Å². The van der Waals surface area contributed by atoms with Crippen molar-refractivity contribution in [2.75, 3.05) is 13.2 Å². The van der Waals surface area contributed by atoms with Crippen molar-refractivity contribution in [3.63, 3.8) is 0 Å². The lowest BCUT2D eigenvalue weighted by Gasteiger charge is -2.23. The second-order valence-electron chi connectivity index (χ2n) is 3.89. The predicted octanol–water partition coefficient (Wildman–Crippen LogP) is 1.15. The monoisotopic (exact) mass is 189 g/mol. The second-order valence-corrected chi connectivity index (χ2v) is 3.89. The lowest BCUT2D eigenvalue weighted by molar-refractivity contribution is -0.00558. The van der Waals surface area contributed by atoms with E-state index in [9.17, 15) is 0 Å². The van der Waals surface area contributed by atoms with E-state index >= 15 is 0 Å². The van der Waals surface area contributed by atoms with Crippen LogP contribution in [0.2, 0.25) is 0 Å². The van der Waals surface area contributed by atoms with E-state index in [1.165, 1.54) is 0 Å². The van der Waals surface area contributed by atoms with Crippen LogP contribution in [-0.4, -0.2) is 30.5 Å². The van der Waals surface area contributed by atoms with Gasteiger partial charge in [0.2, 0.25) is 0 Å². The first-order valence-electron chi connectivity index (χ1n) is 5.09. The molecule has 0 heterocycles. The Labute approximate surface area is 81.3 Å². The standard InChI is InChI=1S/C10H23NO2/c1-4-5-13-10(7-12)9(11)6-8(2)3/h8-10,12H,4-7,11H2,1-3H3. The molecule has 0 radical (unpaired) electrons. The molecule has 0 aromatic heterocycles. The lowest BCUT2D eigenvalue weighted by atomic mass is 10.0. The third-order valence-electron chi connectivity index (χ3n) is 1.94. The molecule has 0 aliphatic heterocycles. The summed E-state index contributed by atoms with van der Waals surface area (Å²) >= 11 is 0. The van der Waals surface area contributed by atoms with Crippen molar-refractivity contribution >= 4 is 0 Å². The van der Waals surface area contributed by atoms with Crippen LogP contribution < -0.4 is 5.73 Å². The van der Waals surface area contributed by atoms with Crippen LogP contribution in [0.15, 0.2) is 0 Å². The Morgan fingerprint density at radius 1 is 1.38 bits per heavy atom. The van der Waals surface area contributed by atoms with Gasteiger partial charge >= 0.3 is 0 Å². The Kier molecular flexibility index (Phi) is 7.23. The fourth-order valence-corrected chi connectivity index (χ4v) is 1.28. The highest BCUT2D eigenvalue weighted by molar-refractivity contribution is 4.73. The number of aliphatic hydroxyl groups is 1. The first-order valence-corrected chi connectivity index (χ1v) is 5.09. The minimum absolute atomic E-state index is 0.0217. The summed E-state index contributed by atoms with van der Waals surface area (Å²) in [5, 5.41) is 9.03. The molecule has 0 fully saturated rings. The highest BCUT2D eigenvalue weighted by Gasteiger charge is 2.17. The van der Waals surface area contributed by atoms with E-state index in [0.717, 1.165) is 12.8 Å². The summed E-state index contributed by atoms with van der Waals surface area (Å²) in [6, 6.07) is -0.0449. The third-order valence-corrected chi connectivity index (χ3v) is 1.94. The van der Waals surface area contributed by atoms with Crippen molar-refractivity contribution in [1.82, 2.24) is 0 Å². The average Bonchev–Trinajstić information content (AvgIpc) is 2.04. The number of hydrogen-bond acceptors (Lipinski definition) is 3. The Hall–Kier alpha value is -0.120. The van der Waals surface area contributed by atoms with Gasteiger partial charge in [-0.2, -0.15) is 0 Å². The zero-order valence-electron chi connectivity index (χ0n) is 8.99. The van der Waals surface area contributed by atoms with E-state index in [-0.39, 0.29) is 18.8 Å². The molecule has 0 aliphatic rings. The summed E-state index contributed by atoms with van der Waals surface area (Å²) < 4.78 is 5.43. The Morgan fingerprint density at radius 3 is 2.38 bits per heavy atom. The van der Waals surface area contributed by atoms with Crippen LogP contribution in [0.25, 0.3) is 0 Å². The van der Waals surface area contributed by atoms with E-state index in [2.05, 4.69) is 13.8 Å². The third kappa shape index (κ3) is 6.02. The summed E-state index contributed by atoms with van der Waals surface area (Å²) in [6.07, 6.45) is 1.67. The average molecular weight is 189 g/mol. The molecule has 3 heteroatoms. The molecule has 13 heavy (non-hydrogen) atoms. The van der Waals surface area contributed by atoms with Crippen LogP contribution in [0.4, 0.5) is 0 Å². The van der Waals surface area contributed by atoms with E-state index in [1.54, 1.807) is 0 Å². The van der Waals surface area contributed by atoms with Crippen LogP contribution >= 0.6 is 0 Å². The summed E-state index contributed by atoms with van der Waals surface area (Å²) in [6.45, 7) is 6.98. The molecule has 3 nitrogen and oxygen atoms in total. The molecular formula is C10H23NO2. The second kappa shape index (κ2) is 7.30. The summed E-state index contributed by atoms with van der Waals surface area (Å²) in [4.78, 5) is 0. The molecule has 0 aromatic carbocycles. The van der Waals surface area contributed by atoms with Gasteiger partial charge in [-0.05, 0) is 18.8 Å². The van der Waals surface area contributed by atoms with E-state index in [1.807, 2.05) is 6.92 Å². The van der Waals surface area contributed by atoms with Gasteiger partial charge in [0.15, 0.2) is 0 Å². The maximum Gasteiger partial charge on any atom is 0.0956 e. The fourth-order valence-electron chi connectivity index (χ4n) is 1.28. The first kappa shape index (κ1) is 12.9. The molecule has 2 unspecified atom stereocenters. The number of hydrogen-bond donors (Lipinski definition) is 2. The van der Waals surface area contributed by atoms with Crippen molar-refractivity contribution in [3.8, 4) is 0 Å². The number of nitrogens with two attached hydrogens (primary N) is 1. The van der Waals surface area contributed by atoms with Crippen LogP contribution in [0.1, 0.15) is 33.6 Å². The molecule has 0 spiro atoms. The zero-order chi connectivity index (χ0) is 10.3. The molecule has 0 aromatic rings. The quantitative estimate of drug-likeness (QED) is 0.631. The highest BCUT2D eigenvalue weighted by atomic mass is 16.5. The zero-order valence-corrected chi connectivity index (χ0v) is 8.99. The minimum Gasteiger partial charge on any atom is -0.394 e. The molecule has 2 atom stereocenters. The van der Waals surface area contributed by atoms with Crippen LogP contribution in [0.3, 0.4) is 0 Å². The number of ether oxygens (including phenoxy) is 1. The Morgan fingerprint density at radius 2 is 2.00 bits per heavy atom. The van der Waals surface area contributed by atoms with Crippen molar-refractivity contribution in [2.45, 2.75) is 45.8 Å². The summed E-state index contributed by atoms with van der Waals surface area (Å²) in [5.74, 6) is 0.550. The maximum absolute atomic E-state index is 9.03. The summed E-state index contributed by atoms with van der Waals surface area (Å²) in [7, 11) is 0. The van der Waals surface area contributed by atoms with Gasteiger partial charge in [-0.3, -0.25) is 0 Å². The van der Waals surface area contributed by atoms with Gasteiger partial charge in [0.25, 0.3) is 0 Å². The Bertz CT molecular complexity index is 117. The Balaban J connectivity index is 3.77. The maximum atomic E-state index is 9.03. The number of rotatable bonds is 7. The largest absolute Gasteiger partial charge is 0.394 e. The van der Waals surface area contributed by atoms with Gasteiger partial charge in [0.1, 0.15) is 0 Å². The predicted molar refractivity (Wildman–Crippen MR) is 54.5 cm³/mol. The van der Waals surface area contributed by atoms with Gasteiger partial charge in [-0.15, -0.1) is 0 Å². The van der Waals surface area contributed by atoms with E-state index in [0.29, 0.717) is 12.5 Å².